The van der Waals surface area contributed by atoms with E-state index in [0.717, 1.165) is 17.3 Å². The Bertz CT molecular complexity index is 1080. The summed E-state index contributed by atoms with van der Waals surface area (Å²) in [7, 11) is 1.30. The number of rotatable bonds is 6. The second kappa shape index (κ2) is 9.20. The van der Waals surface area contributed by atoms with Crippen LogP contribution in [0.15, 0.2) is 70.6 Å². The first-order valence-corrected chi connectivity index (χ1v) is 9.67. The normalized spacial score (nSPS) is 11.5. The summed E-state index contributed by atoms with van der Waals surface area (Å²) < 4.78 is 4.68. The van der Waals surface area contributed by atoms with E-state index in [1.54, 1.807) is 25.1 Å². The van der Waals surface area contributed by atoms with Crippen LogP contribution in [0.3, 0.4) is 0 Å². The Labute approximate surface area is 171 Å². The SMILES string of the molecule is COC(=O)c1cccc(NC(=O)C(C)Sc2nc(-c3ccccc3)cc(=O)[nH]2)c1. The van der Waals surface area contributed by atoms with E-state index >= 15 is 0 Å². The van der Waals surface area contributed by atoms with Crippen molar-refractivity contribution in [2.24, 2.45) is 0 Å². The van der Waals surface area contributed by atoms with Crippen molar-refractivity contribution >= 4 is 29.3 Å². The molecule has 0 bridgehead atoms. The molecule has 0 aliphatic heterocycles. The van der Waals surface area contributed by atoms with Crippen LogP contribution in [0.1, 0.15) is 17.3 Å². The minimum absolute atomic E-state index is 0.287. The molecule has 29 heavy (non-hydrogen) atoms. The summed E-state index contributed by atoms with van der Waals surface area (Å²) in [6, 6.07) is 17.2. The quantitative estimate of drug-likeness (QED) is 0.368. The number of hydrogen-bond donors (Lipinski definition) is 2. The lowest BCUT2D eigenvalue weighted by Gasteiger charge is -2.12. The van der Waals surface area contributed by atoms with Crippen LogP contribution in [0.5, 0.6) is 0 Å². The molecule has 1 atom stereocenters. The number of carbonyl (C=O) groups is 2. The summed E-state index contributed by atoms with van der Waals surface area (Å²) in [5.74, 6) is -0.771. The van der Waals surface area contributed by atoms with Gasteiger partial charge in [0.2, 0.25) is 5.91 Å². The van der Waals surface area contributed by atoms with Crippen LogP contribution in [0.4, 0.5) is 5.69 Å². The van der Waals surface area contributed by atoms with Crippen LogP contribution in [0, 0.1) is 0 Å². The van der Waals surface area contributed by atoms with Crippen LogP contribution < -0.4 is 10.9 Å². The van der Waals surface area contributed by atoms with Gasteiger partial charge in [0.1, 0.15) is 0 Å². The largest absolute Gasteiger partial charge is 0.465 e. The molecule has 0 aliphatic carbocycles. The molecule has 7 nitrogen and oxygen atoms in total. The molecular formula is C21H19N3O4S. The molecule has 0 spiro atoms. The van der Waals surface area contributed by atoms with Crippen LogP contribution in [0.2, 0.25) is 0 Å². The maximum absolute atomic E-state index is 12.5. The minimum atomic E-state index is -0.536. The van der Waals surface area contributed by atoms with Gasteiger partial charge in [-0.25, -0.2) is 9.78 Å². The minimum Gasteiger partial charge on any atom is -0.465 e. The maximum Gasteiger partial charge on any atom is 0.337 e. The third kappa shape index (κ3) is 5.32. The fraction of sp³-hybridized carbons (Fsp3) is 0.143. The third-order valence-electron chi connectivity index (χ3n) is 4.00. The highest BCUT2D eigenvalue weighted by Crippen LogP contribution is 2.23. The summed E-state index contributed by atoms with van der Waals surface area (Å²) in [4.78, 5) is 43.3. The molecule has 148 valence electrons. The highest BCUT2D eigenvalue weighted by atomic mass is 32.2. The van der Waals surface area contributed by atoms with E-state index in [1.165, 1.54) is 19.2 Å². The van der Waals surface area contributed by atoms with Gasteiger partial charge in [-0.15, -0.1) is 0 Å². The molecule has 3 aromatic rings. The van der Waals surface area contributed by atoms with E-state index in [4.69, 9.17) is 0 Å². The molecule has 0 saturated carbocycles. The zero-order valence-electron chi connectivity index (χ0n) is 15.8. The first kappa shape index (κ1) is 20.3. The van der Waals surface area contributed by atoms with Crippen molar-refractivity contribution in [1.29, 1.82) is 0 Å². The van der Waals surface area contributed by atoms with Gasteiger partial charge in [-0.2, -0.15) is 0 Å². The predicted molar refractivity (Wildman–Crippen MR) is 112 cm³/mol. The average Bonchev–Trinajstić information content (AvgIpc) is 2.73. The lowest BCUT2D eigenvalue weighted by atomic mass is 10.1. The highest BCUT2D eigenvalue weighted by Gasteiger charge is 2.17. The second-order valence-electron chi connectivity index (χ2n) is 6.12. The smallest absolute Gasteiger partial charge is 0.337 e. The number of carbonyl (C=O) groups excluding carboxylic acids is 2. The number of benzene rings is 2. The molecule has 2 aromatic carbocycles. The maximum atomic E-state index is 12.5. The number of thioether (sulfide) groups is 1. The van der Waals surface area contributed by atoms with Gasteiger partial charge in [-0.05, 0) is 25.1 Å². The standard InChI is InChI=1S/C21H19N3O4S/c1-13(19(26)22-16-10-6-9-15(11-16)20(27)28-2)29-21-23-17(12-18(25)24-21)14-7-4-3-5-8-14/h3-13H,1-2H3,(H,22,26)(H,23,24,25). The second-order valence-corrected chi connectivity index (χ2v) is 7.45. The Morgan fingerprint density at radius 2 is 1.86 bits per heavy atom. The molecule has 1 heterocycles. The van der Waals surface area contributed by atoms with Crippen molar-refractivity contribution in [2.45, 2.75) is 17.3 Å². The van der Waals surface area contributed by atoms with Gasteiger partial charge >= 0.3 is 5.97 Å². The number of amides is 1. The number of aromatic nitrogens is 2. The molecule has 1 amide bonds. The van der Waals surface area contributed by atoms with Crippen molar-refractivity contribution in [1.82, 2.24) is 9.97 Å². The Kier molecular flexibility index (Phi) is 6.46. The van der Waals surface area contributed by atoms with Crippen molar-refractivity contribution in [3.8, 4) is 11.3 Å². The van der Waals surface area contributed by atoms with E-state index in [-0.39, 0.29) is 11.5 Å². The zero-order valence-corrected chi connectivity index (χ0v) is 16.7. The van der Waals surface area contributed by atoms with Gasteiger partial charge in [0.25, 0.3) is 5.56 Å². The van der Waals surface area contributed by atoms with Gasteiger partial charge in [0.05, 0.1) is 23.6 Å². The van der Waals surface area contributed by atoms with Crippen molar-refractivity contribution < 1.29 is 14.3 Å². The number of nitrogens with one attached hydrogen (secondary N) is 2. The average molecular weight is 409 g/mol. The summed E-state index contributed by atoms with van der Waals surface area (Å²) in [6.45, 7) is 1.71. The van der Waals surface area contributed by atoms with Crippen LogP contribution in [0.25, 0.3) is 11.3 Å². The highest BCUT2D eigenvalue weighted by molar-refractivity contribution is 8.00. The number of hydrogen-bond acceptors (Lipinski definition) is 6. The van der Waals surface area contributed by atoms with Gasteiger partial charge in [-0.1, -0.05) is 48.2 Å². The molecule has 1 aromatic heterocycles. The molecule has 8 heteroatoms. The van der Waals surface area contributed by atoms with Crippen molar-refractivity contribution in [3.63, 3.8) is 0 Å². The Balaban J connectivity index is 1.72. The Morgan fingerprint density at radius 1 is 1.10 bits per heavy atom. The van der Waals surface area contributed by atoms with E-state index in [2.05, 4.69) is 20.0 Å². The molecule has 2 N–H and O–H groups in total. The number of aromatic amines is 1. The third-order valence-corrected chi connectivity index (χ3v) is 4.98. The number of methoxy groups -OCH3 is 1. The monoisotopic (exact) mass is 409 g/mol. The lowest BCUT2D eigenvalue weighted by Crippen LogP contribution is -2.23. The van der Waals surface area contributed by atoms with E-state index in [0.29, 0.717) is 22.1 Å². The van der Waals surface area contributed by atoms with Gasteiger partial charge in [0, 0.05) is 17.3 Å². The predicted octanol–water partition coefficient (Wildman–Crippen LogP) is 3.34. The van der Waals surface area contributed by atoms with Gasteiger partial charge in [-0.3, -0.25) is 9.59 Å². The molecule has 0 aliphatic rings. The van der Waals surface area contributed by atoms with Crippen molar-refractivity contribution in [2.75, 3.05) is 12.4 Å². The lowest BCUT2D eigenvalue weighted by molar-refractivity contribution is -0.115. The zero-order chi connectivity index (χ0) is 20.8. The topological polar surface area (TPSA) is 101 Å². The fourth-order valence-corrected chi connectivity index (χ4v) is 3.37. The summed E-state index contributed by atoms with van der Waals surface area (Å²) >= 11 is 1.14. The Hall–Kier alpha value is -3.39. The van der Waals surface area contributed by atoms with Gasteiger partial charge in [0.15, 0.2) is 5.16 Å². The number of nitrogens with zero attached hydrogens (tertiary/aromatic N) is 1. The van der Waals surface area contributed by atoms with E-state index in [9.17, 15) is 14.4 Å². The van der Waals surface area contributed by atoms with Crippen LogP contribution >= 0.6 is 11.8 Å². The number of ether oxygens (including phenoxy) is 1. The van der Waals surface area contributed by atoms with Crippen LogP contribution in [-0.4, -0.2) is 34.2 Å². The molecule has 0 fully saturated rings. The van der Waals surface area contributed by atoms with E-state index in [1.807, 2.05) is 30.3 Å². The molecule has 1 unspecified atom stereocenters. The number of anilines is 1. The molecule has 0 radical (unpaired) electrons. The molecule has 3 rings (SSSR count). The number of H-pyrrole nitrogens is 1. The first-order valence-electron chi connectivity index (χ1n) is 8.79. The summed E-state index contributed by atoms with van der Waals surface area (Å²) in [5, 5.41) is 2.57. The summed E-state index contributed by atoms with van der Waals surface area (Å²) in [5.41, 5.74) is 1.88. The van der Waals surface area contributed by atoms with Gasteiger partial charge < -0.3 is 15.0 Å². The Morgan fingerprint density at radius 3 is 2.59 bits per heavy atom. The van der Waals surface area contributed by atoms with Crippen molar-refractivity contribution in [3.05, 3.63) is 76.6 Å². The molecular weight excluding hydrogens is 390 g/mol. The molecule has 0 saturated heterocycles. The van der Waals surface area contributed by atoms with E-state index < -0.39 is 11.2 Å². The fourth-order valence-electron chi connectivity index (χ4n) is 2.55. The summed E-state index contributed by atoms with van der Waals surface area (Å²) in [6.07, 6.45) is 0. The van der Waals surface area contributed by atoms with Crippen LogP contribution in [-0.2, 0) is 9.53 Å². The number of esters is 1. The first-order chi connectivity index (χ1) is 14.0.